The van der Waals surface area contributed by atoms with Gasteiger partial charge in [-0.2, -0.15) is 0 Å². The van der Waals surface area contributed by atoms with Crippen LogP contribution in [0, 0.1) is 19.7 Å². The number of benzene rings is 1. The van der Waals surface area contributed by atoms with E-state index in [4.69, 9.17) is 5.73 Å². The minimum absolute atomic E-state index is 0.104. The number of hydrogen-bond acceptors (Lipinski definition) is 3. The van der Waals surface area contributed by atoms with Crippen LogP contribution in [0.2, 0.25) is 0 Å². The van der Waals surface area contributed by atoms with Gasteiger partial charge in [0.2, 0.25) is 0 Å². The summed E-state index contributed by atoms with van der Waals surface area (Å²) in [7, 11) is 0. The van der Waals surface area contributed by atoms with Gasteiger partial charge < -0.3 is 5.73 Å². The monoisotopic (exact) mass is 245 g/mol. The summed E-state index contributed by atoms with van der Waals surface area (Å²) in [4.78, 5) is 8.68. The van der Waals surface area contributed by atoms with Gasteiger partial charge in [0.1, 0.15) is 5.82 Å². The van der Waals surface area contributed by atoms with Crippen molar-refractivity contribution < 1.29 is 4.39 Å². The van der Waals surface area contributed by atoms with E-state index in [-0.39, 0.29) is 11.9 Å². The quantitative estimate of drug-likeness (QED) is 0.885. The second-order valence-corrected chi connectivity index (χ2v) is 4.48. The Bertz CT molecular complexity index is 579. The number of aromatic nitrogens is 2. The molecule has 1 atom stereocenters. The molecule has 0 spiro atoms. The van der Waals surface area contributed by atoms with Crippen LogP contribution in [0.5, 0.6) is 0 Å². The van der Waals surface area contributed by atoms with Crippen molar-refractivity contribution in [2.45, 2.75) is 26.8 Å². The Morgan fingerprint density at radius 3 is 2.61 bits per heavy atom. The topological polar surface area (TPSA) is 51.8 Å². The first-order chi connectivity index (χ1) is 8.49. The van der Waals surface area contributed by atoms with Gasteiger partial charge in [0.25, 0.3) is 0 Å². The normalized spacial score (nSPS) is 12.5. The summed E-state index contributed by atoms with van der Waals surface area (Å²) in [5.41, 5.74) is 9.22. The summed E-state index contributed by atoms with van der Waals surface area (Å²) < 4.78 is 13.3. The van der Waals surface area contributed by atoms with Crippen molar-refractivity contribution in [2.24, 2.45) is 5.73 Å². The SMILES string of the molecule is Cc1ccc(F)cc1-c1ncc([C@H](C)N)c(C)n1. The van der Waals surface area contributed by atoms with Crippen LogP contribution < -0.4 is 5.73 Å². The maximum Gasteiger partial charge on any atom is 0.159 e. The van der Waals surface area contributed by atoms with Crippen molar-refractivity contribution in [1.82, 2.24) is 9.97 Å². The lowest BCUT2D eigenvalue weighted by atomic mass is 10.1. The molecule has 3 nitrogen and oxygen atoms in total. The minimum atomic E-state index is -0.284. The van der Waals surface area contributed by atoms with E-state index in [1.165, 1.54) is 12.1 Å². The summed E-state index contributed by atoms with van der Waals surface area (Å²) in [6.45, 7) is 5.68. The molecule has 1 heterocycles. The molecule has 0 radical (unpaired) electrons. The van der Waals surface area contributed by atoms with Gasteiger partial charge in [-0.3, -0.25) is 0 Å². The van der Waals surface area contributed by atoms with Gasteiger partial charge in [-0.25, -0.2) is 14.4 Å². The van der Waals surface area contributed by atoms with Gasteiger partial charge in [0.05, 0.1) is 0 Å². The van der Waals surface area contributed by atoms with E-state index in [1.807, 2.05) is 20.8 Å². The molecule has 0 aliphatic carbocycles. The highest BCUT2D eigenvalue weighted by Crippen LogP contribution is 2.22. The van der Waals surface area contributed by atoms with Crippen molar-refractivity contribution in [3.8, 4) is 11.4 Å². The standard InChI is InChI=1S/C14H16FN3/c1-8-4-5-11(15)6-12(8)14-17-7-13(9(2)16)10(3)18-14/h4-7,9H,16H2,1-3H3/t9-/m0/s1. The minimum Gasteiger partial charge on any atom is -0.324 e. The van der Waals surface area contributed by atoms with Crippen molar-refractivity contribution in [1.29, 1.82) is 0 Å². The lowest BCUT2D eigenvalue weighted by molar-refractivity contribution is 0.627. The number of hydrogen-bond donors (Lipinski definition) is 1. The summed E-state index contributed by atoms with van der Waals surface area (Å²) in [6, 6.07) is 4.51. The van der Waals surface area contributed by atoms with Crippen LogP contribution in [0.25, 0.3) is 11.4 Å². The lowest BCUT2D eigenvalue weighted by Crippen LogP contribution is -2.09. The highest BCUT2D eigenvalue weighted by Gasteiger charge is 2.10. The van der Waals surface area contributed by atoms with E-state index in [1.54, 1.807) is 12.3 Å². The Labute approximate surface area is 106 Å². The Morgan fingerprint density at radius 2 is 2.00 bits per heavy atom. The number of halogens is 1. The van der Waals surface area contributed by atoms with Gasteiger partial charge in [-0.1, -0.05) is 6.07 Å². The fourth-order valence-corrected chi connectivity index (χ4v) is 1.89. The molecule has 0 aliphatic rings. The average Bonchev–Trinajstić information content (AvgIpc) is 2.31. The Hall–Kier alpha value is -1.81. The molecule has 0 saturated heterocycles. The second kappa shape index (κ2) is 4.82. The largest absolute Gasteiger partial charge is 0.324 e. The highest BCUT2D eigenvalue weighted by atomic mass is 19.1. The third-order valence-corrected chi connectivity index (χ3v) is 2.95. The van der Waals surface area contributed by atoms with Crippen LogP contribution in [-0.4, -0.2) is 9.97 Å². The van der Waals surface area contributed by atoms with Crippen molar-refractivity contribution >= 4 is 0 Å². The van der Waals surface area contributed by atoms with Crippen LogP contribution in [-0.2, 0) is 0 Å². The fraction of sp³-hybridized carbons (Fsp3) is 0.286. The molecule has 0 unspecified atom stereocenters. The van der Waals surface area contributed by atoms with E-state index in [0.29, 0.717) is 11.4 Å². The number of nitrogens with two attached hydrogens (primary N) is 1. The van der Waals surface area contributed by atoms with Crippen molar-refractivity contribution in [3.05, 3.63) is 47.0 Å². The molecule has 0 saturated carbocycles. The van der Waals surface area contributed by atoms with Gasteiger partial charge in [0.15, 0.2) is 5.82 Å². The van der Waals surface area contributed by atoms with Crippen LogP contribution in [0.4, 0.5) is 4.39 Å². The van der Waals surface area contributed by atoms with Gasteiger partial charge >= 0.3 is 0 Å². The molecule has 94 valence electrons. The summed E-state index contributed by atoms with van der Waals surface area (Å²) >= 11 is 0. The first-order valence-electron chi connectivity index (χ1n) is 5.84. The van der Waals surface area contributed by atoms with Crippen LogP contribution in [0.3, 0.4) is 0 Å². The molecule has 0 fully saturated rings. The highest BCUT2D eigenvalue weighted by molar-refractivity contribution is 5.60. The summed E-state index contributed by atoms with van der Waals surface area (Å²) in [6.07, 6.45) is 1.71. The van der Waals surface area contributed by atoms with Gasteiger partial charge in [0, 0.05) is 29.1 Å². The molecular formula is C14H16FN3. The van der Waals surface area contributed by atoms with Crippen LogP contribution in [0.1, 0.15) is 29.8 Å². The maximum atomic E-state index is 13.3. The average molecular weight is 245 g/mol. The third-order valence-electron chi connectivity index (χ3n) is 2.95. The lowest BCUT2D eigenvalue weighted by Gasteiger charge is -2.11. The van der Waals surface area contributed by atoms with Gasteiger partial charge in [-0.15, -0.1) is 0 Å². The molecule has 4 heteroatoms. The smallest absolute Gasteiger partial charge is 0.159 e. The van der Waals surface area contributed by atoms with Crippen molar-refractivity contribution in [2.75, 3.05) is 0 Å². The van der Waals surface area contributed by atoms with E-state index in [0.717, 1.165) is 16.8 Å². The molecule has 1 aromatic heterocycles. The number of rotatable bonds is 2. The number of aryl methyl sites for hydroxylation is 2. The van der Waals surface area contributed by atoms with E-state index in [2.05, 4.69) is 9.97 Å². The van der Waals surface area contributed by atoms with E-state index < -0.39 is 0 Å². The van der Waals surface area contributed by atoms with Crippen LogP contribution in [0.15, 0.2) is 24.4 Å². The Kier molecular flexibility index (Phi) is 3.39. The van der Waals surface area contributed by atoms with Gasteiger partial charge in [-0.05, 0) is 38.5 Å². The second-order valence-electron chi connectivity index (χ2n) is 4.48. The zero-order valence-electron chi connectivity index (χ0n) is 10.7. The Morgan fingerprint density at radius 1 is 1.28 bits per heavy atom. The first kappa shape index (κ1) is 12.6. The molecule has 18 heavy (non-hydrogen) atoms. The number of nitrogens with zero attached hydrogens (tertiary/aromatic N) is 2. The zero-order valence-corrected chi connectivity index (χ0v) is 10.7. The van der Waals surface area contributed by atoms with Crippen molar-refractivity contribution in [3.63, 3.8) is 0 Å². The molecule has 0 amide bonds. The predicted molar refractivity (Wildman–Crippen MR) is 69.5 cm³/mol. The predicted octanol–water partition coefficient (Wildman–Crippen LogP) is 2.92. The maximum absolute atomic E-state index is 13.3. The van der Waals surface area contributed by atoms with E-state index >= 15 is 0 Å². The summed E-state index contributed by atoms with van der Waals surface area (Å²) in [5, 5.41) is 0. The fourth-order valence-electron chi connectivity index (χ4n) is 1.89. The zero-order chi connectivity index (χ0) is 13.3. The molecule has 2 aromatic rings. The van der Waals surface area contributed by atoms with E-state index in [9.17, 15) is 4.39 Å². The molecule has 2 rings (SSSR count). The molecule has 0 bridgehead atoms. The molecule has 1 aromatic carbocycles. The molecular weight excluding hydrogens is 229 g/mol. The molecule has 2 N–H and O–H groups in total. The first-order valence-corrected chi connectivity index (χ1v) is 5.84. The molecule has 0 aliphatic heterocycles. The van der Waals surface area contributed by atoms with Crippen LogP contribution >= 0.6 is 0 Å². The Balaban J connectivity index is 2.52. The third kappa shape index (κ3) is 2.38. The summed E-state index contributed by atoms with van der Waals surface area (Å²) in [5.74, 6) is 0.252.